The van der Waals surface area contributed by atoms with Gasteiger partial charge in [0.15, 0.2) is 0 Å². The second-order valence-electron chi connectivity index (χ2n) is 7.20. The van der Waals surface area contributed by atoms with Gasteiger partial charge in [0.05, 0.1) is 16.4 Å². The van der Waals surface area contributed by atoms with Gasteiger partial charge in [-0.3, -0.25) is 4.79 Å². The van der Waals surface area contributed by atoms with Crippen LogP contribution in [0.3, 0.4) is 0 Å². The Kier molecular flexibility index (Phi) is 5.79. The van der Waals surface area contributed by atoms with Crippen molar-refractivity contribution in [1.29, 1.82) is 0 Å². The zero-order chi connectivity index (χ0) is 21.3. The van der Waals surface area contributed by atoms with Crippen LogP contribution in [0.25, 0.3) is 10.2 Å². The van der Waals surface area contributed by atoms with Crippen LogP contribution in [0.5, 0.6) is 0 Å². The summed E-state index contributed by atoms with van der Waals surface area (Å²) in [5.74, 6) is -0.200. The number of aryl methyl sites for hydroxylation is 3. The molecule has 0 saturated heterocycles. The van der Waals surface area contributed by atoms with Crippen molar-refractivity contribution in [3.05, 3.63) is 93.0 Å². The van der Waals surface area contributed by atoms with Crippen LogP contribution in [-0.4, -0.2) is 17.1 Å². The van der Waals surface area contributed by atoms with E-state index in [2.05, 4.69) is 26.0 Å². The second kappa shape index (κ2) is 8.50. The fourth-order valence-corrected chi connectivity index (χ4v) is 4.58. The zero-order valence-corrected chi connectivity index (χ0v) is 19.3. The highest BCUT2D eigenvalue weighted by Crippen LogP contribution is 2.32. The van der Waals surface area contributed by atoms with Crippen molar-refractivity contribution in [3.8, 4) is 0 Å². The molecule has 0 saturated carbocycles. The molecule has 4 nitrogen and oxygen atoms in total. The Morgan fingerprint density at radius 2 is 1.73 bits per heavy atom. The van der Waals surface area contributed by atoms with Crippen LogP contribution in [0.4, 0.5) is 5.13 Å². The number of carbonyl (C=O) groups is 1. The van der Waals surface area contributed by atoms with Crippen LogP contribution in [-0.2, 0) is 0 Å². The Morgan fingerprint density at radius 1 is 1.00 bits per heavy atom. The normalized spacial score (nSPS) is 11.3. The lowest BCUT2D eigenvalue weighted by Gasteiger charge is -2.15. The number of anilines is 1. The van der Waals surface area contributed by atoms with E-state index in [1.807, 2.05) is 81.4 Å². The summed E-state index contributed by atoms with van der Waals surface area (Å²) in [6.45, 7) is 5.99. The van der Waals surface area contributed by atoms with E-state index in [0.29, 0.717) is 10.7 Å². The molecule has 0 fully saturated rings. The standard InChI is InChI=1S/C24H20BrN3OS/c1-15-4-7-18(8-5-15)14-26-28(23(29)20-10-6-16(2)12-17(20)3)24-27-21-11-9-19(25)13-22(21)30-24/h4-14H,1-3H3/b26-14+. The Hall–Kier alpha value is -2.83. The van der Waals surface area contributed by atoms with Crippen molar-refractivity contribution >= 4 is 54.7 Å². The summed E-state index contributed by atoms with van der Waals surface area (Å²) < 4.78 is 1.96. The Balaban J connectivity index is 1.78. The third-order valence-electron chi connectivity index (χ3n) is 4.72. The largest absolute Gasteiger partial charge is 0.281 e. The first-order valence-corrected chi connectivity index (χ1v) is 11.1. The van der Waals surface area contributed by atoms with E-state index in [-0.39, 0.29) is 5.91 Å². The lowest BCUT2D eigenvalue weighted by molar-refractivity contribution is 0.0987. The SMILES string of the molecule is Cc1ccc(/C=N/N(C(=O)c2ccc(C)cc2C)c2nc3ccc(Br)cc3s2)cc1. The van der Waals surface area contributed by atoms with Crippen molar-refractivity contribution in [1.82, 2.24) is 4.98 Å². The van der Waals surface area contributed by atoms with Gasteiger partial charge in [-0.25, -0.2) is 4.98 Å². The molecule has 0 spiro atoms. The number of rotatable bonds is 4. The van der Waals surface area contributed by atoms with E-state index in [4.69, 9.17) is 0 Å². The summed E-state index contributed by atoms with van der Waals surface area (Å²) in [6, 6.07) is 19.7. The highest BCUT2D eigenvalue weighted by atomic mass is 79.9. The molecule has 0 atom stereocenters. The van der Waals surface area contributed by atoms with Crippen LogP contribution in [0.1, 0.15) is 32.6 Å². The molecule has 6 heteroatoms. The summed E-state index contributed by atoms with van der Waals surface area (Å²) in [7, 11) is 0. The lowest BCUT2D eigenvalue weighted by atomic mass is 10.1. The molecule has 30 heavy (non-hydrogen) atoms. The van der Waals surface area contributed by atoms with Gasteiger partial charge in [-0.05, 0) is 56.2 Å². The molecule has 0 radical (unpaired) electrons. The van der Waals surface area contributed by atoms with E-state index >= 15 is 0 Å². The van der Waals surface area contributed by atoms with Gasteiger partial charge in [-0.1, -0.05) is 74.8 Å². The van der Waals surface area contributed by atoms with Crippen molar-refractivity contribution in [2.45, 2.75) is 20.8 Å². The summed E-state index contributed by atoms with van der Waals surface area (Å²) >= 11 is 4.94. The number of thiazole rings is 1. The van der Waals surface area contributed by atoms with Gasteiger partial charge in [-0.15, -0.1) is 0 Å². The Bertz CT molecular complexity index is 1260. The van der Waals surface area contributed by atoms with Crippen LogP contribution in [0.15, 0.2) is 70.2 Å². The fourth-order valence-electron chi connectivity index (χ4n) is 3.11. The predicted molar refractivity (Wildman–Crippen MR) is 129 cm³/mol. The third kappa shape index (κ3) is 4.35. The molecule has 1 amide bonds. The molecule has 0 aliphatic carbocycles. The zero-order valence-electron chi connectivity index (χ0n) is 16.9. The summed E-state index contributed by atoms with van der Waals surface area (Å²) in [5.41, 5.74) is 5.57. The van der Waals surface area contributed by atoms with E-state index in [1.165, 1.54) is 21.9 Å². The van der Waals surface area contributed by atoms with Gasteiger partial charge in [0.25, 0.3) is 5.91 Å². The minimum absolute atomic E-state index is 0.200. The van der Waals surface area contributed by atoms with Crippen molar-refractivity contribution in [2.75, 3.05) is 5.01 Å². The summed E-state index contributed by atoms with van der Waals surface area (Å²) in [5, 5.41) is 6.48. The lowest BCUT2D eigenvalue weighted by Crippen LogP contribution is -2.26. The van der Waals surface area contributed by atoms with Gasteiger partial charge in [0.2, 0.25) is 5.13 Å². The Labute approximate surface area is 188 Å². The van der Waals surface area contributed by atoms with Crippen molar-refractivity contribution in [2.24, 2.45) is 5.10 Å². The highest BCUT2D eigenvalue weighted by Gasteiger charge is 2.22. The number of hydrazone groups is 1. The maximum Gasteiger partial charge on any atom is 0.281 e. The number of carbonyl (C=O) groups excluding carboxylic acids is 1. The molecule has 0 aliphatic rings. The molecule has 4 rings (SSSR count). The minimum atomic E-state index is -0.200. The molecule has 3 aromatic carbocycles. The highest BCUT2D eigenvalue weighted by molar-refractivity contribution is 9.10. The quantitative estimate of drug-likeness (QED) is 0.243. The smallest absolute Gasteiger partial charge is 0.267 e. The molecule has 1 heterocycles. The van der Waals surface area contributed by atoms with Gasteiger partial charge < -0.3 is 0 Å². The molecule has 0 unspecified atom stereocenters. The number of aromatic nitrogens is 1. The van der Waals surface area contributed by atoms with Crippen molar-refractivity contribution in [3.63, 3.8) is 0 Å². The molecular weight excluding hydrogens is 458 g/mol. The summed E-state index contributed by atoms with van der Waals surface area (Å²) in [6.07, 6.45) is 1.70. The van der Waals surface area contributed by atoms with Gasteiger partial charge in [0, 0.05) is 10.0 Å². The van der Waals surface area contributed by atoms with Gasteiger partial charge in [0.1, 0.15) is 0 Å². The molecular formula is C24H20BrN3OS. The van der Waals surface area contributed by atoms with Crippen LogP contribution in [0.2, 0.25) is 0 Å². The van der Waals surface area contributed by atoms with Crippen LogP contribution >= 0.6 is 27.3 Å². The number of halogens is 1. The monoisotopic (exact) mass is 477 g/mol. The number of hydrogen-bond acceptors (Lipinski definition) is 4. The molecule has 0 N–H and O–H groups in total. The molecule has 1 aromatic heterocycles. The number of hydrogen-bond donors (Lipinski definition) is 0. The molecule has 150 valence electrons. The fraction of sp³-hybridized carbons (Fsp3) is 0.125. The van der Waals surface area contributed by atoms with Gasteiger partial charge >= 0.3 is 0 Å². The maximum absolute atomic E-state index is 13.5. The molecule has 0 bridgehead atoms. The molecule has 0 aliphatic heterocycles. The van der Waals surface area contributed by atoms with Crippen LogP contribution < -0.4 is 5.01 Å². The first kappa shape index (κ1) is 20.4. The molecule has 4 aromatic rings. The average molecular weight is 478 g/mol. The number of amides is 1. The number of fused-ring (bicyclic) bond motifs is 1. The number of nitrogens with zero attached hydrogens (tertiary/aromatic N) is 3. The van der Waals surface area contributed by atoms with Crippen molar-refractivity contribution < 1.29 is 4.79 Å². The first-order valence-electron chi connectivity index (χ1n) is 9.49. The predicted octanol–water partition coefficient (Wildman–Crippen LogP) is 6.66. The third-order valence-corrected chi connectivity index (χ3v) is 6.21. The maximum atomic E-state index is 13.5. The van der Waals surface area contributed by atoms with Gasteiger partial charge in [-0.2, -0.15) is 10.1 Å². The number of benzene rings is 3. The van der Waals surface area contributed by atoms with Crippen LogP contribution in [0, 0.1) is 20.8 Å². The van der Waals surface area contributed by atoms with E-state index in [1.54, 1.807) is 6.21 Å². The average Bonchev–Trinajstić information content (AvgIpc) is 3.12. The van der Waals surface area contributed by atoms with E-state index < -0.39 is 0 Å². The topological polar surface area (TPSA) is 45.6 Å². The van der Waals surface area contributed by atoms with E-state index in [0.717, 1.165) is 31.4 Å². The second-order valence-corrected chi connectivity index (χ2v) is 9.12. The van der Waals surface area contributed by atoms with E-state index in [9.17, 15) is 4.79 Å². The first-order chi connectivity index (χ1) is 14.4. The Morgan fingerprint density at radius 3 is 2.47 bits per heavy atom. The summed E-state index contributed by atoms with van der Waals surface area (Å²) in [4.78, 5) is 18.1. The minimum Gasteiger partial charge on any atom is -0.267 e.